The Morgan fingerprint density at radius 2 is 1.00 bits per heavy atom. The third kappa shape index (κ3) is 3.05. The lowest BCUT2D eigenvalue weighted by molar-refractivity contribution is 0.255. The Morgan fingerprint density at radius 1 is 0.800 bits per heavy atom. The van der Waals surface area contributed by atoms with Crippen molar-refractivity contribution in [1.29, 1.82) is 0 Å². The van der Waals surface area contributed by atoms with Gasteiger partial charge in [-0.2, -0.15) is 0 Å². The van der Waals surface area contributed by atoms with Gasteiger partial charge < -0.3 is 0 Å². The lowest BCUT2D eigenvalue weighted by Crippen LogP contribution is -2.32. The van der Waals surface area contributed by atoms with Crippen LogP contribution in [0.3, 0.4) is 0 Å². The number of hydrogen-bond donors (Lipinski definition) is 0. The van der Waals surface area contributed by atoms with E-state index in [9.17, 15) is 0 Å². The molecule has 0 saturated carbocycles. The minimum atomic E-state index is 0.359. The molecule has 0 aliphatic rings. The van der Waals surface area contributed by atoms with Gasteiger partial charge in [-0.3, -0.25) is 0 Å². The van der Waals surface area contributed by atoms with Gasteiger partial charge in [-0.1, -0.05) is 57.5 Å². The average Bonchev–Trinajstić information content (AvgIpc) is 1.59. The fraction of sp³-hybridized carbons (Fsp3) is 1.00. The first kappa shape index (κ1) is 10.5. The van der Waals surface area contributed by atoms with Crippen LogP contribution >= 0.6 is 15.9 Å². The SMILES string of the molecule is CC(C)(C)C(Br)C(C)(C)C. The molecular weight excluding hydrogens is 188 g/mol. The van der Waals surface area contributed by atoms with E-state index >= 15 is 0 Å². The van der Waals surface area contributed by atoms with Crippen molar-refractivity contribution in [2.24, 2.45) is 10.8 Å². The zero-order chi connectivity index (χ0) is 8.58. The lowest BCUT2D eigenvalue weighted by atomic mass is 9.77. The number of hydrogen-bond acceptors (Lipinski definition) is 0. The van der Waals surface area contributed by atoms with Gasteiger partial charge in [-0.15, -0.1) is 0 Å². The van der Waals surface area contributed by atoms with E-state index in [0.29, 0.717) is 15.7 Å². The molecule has 0 bridgehead atoms. The average molecular weight is 207 g/mol. The molecular formula is C9H19Br. The zero-order valence-corrected chi connectivity index (χ0v) is 9.54. The van der Waals surface area contributed by atoms with Gasteiger partial charge in [-0.05, 0) is 10.8 Å². The van der Waals surface area contributed by atoms with Crippen molar-refractivity contribution in [3.05, 3.63) is 0 Å². The van der Waals surface area contributed by atoms with Gasteiger partial charge in [-0.25, -0.2) is 0 Å². The van der Waals surface area contributed by atoms with Gasteiger partial charge >= 0.3 is 0 Å². The van der Waals surface area contributed by atoms with Crippen molar-refractivity contribution >= 4 is 15.9 Å². The molecule has 0 amide bonds. The van der Waals surface area contributed by atoms with E-state index in [1.54, 1.807) is 0 Å². The fourth-order valence-corrected chi connectivity index (χ4v) is 1.30. The monoisotopic (exact) mass is 206 g/mol. The molecule has 0 unspecified atom stereocenters. The Balaban J connectivity index is 4.23. The third-order valence-electron chi connectivity index (χ3n) is 1.52. The van der Waals surface area contributed by atoms with E-state index in [1.165, 1.54) is 0 Å². The summed E-state index contributed by atoms with van der Waals surface area (Å²) in [6.07, 6.45) is 0. The van der Waals surface area contributed by atoms with Crippen LogP contribution in [0.15, 0.2) is 0 Å². The summed E-state index contributed by atoms with van der Waals surface area (Å²) in [5.74, 6) is 0. The van der Waals surface area contributed by atoms with Crippen LogP contribution in [0, 0.1) is 10.8 Å². The second-order valence-electron chi connectivity index (χ2n) is 5.09. The largest absolute Gasteiger partial charge is 0.0879 e. The van der Waals surface area contributed by atoms with Crippen molar-refractivity contribution in [2.75, 3.05) is 0 Å². The van der Waals surface area contributed by atoms with E-state index in [0.717, 1.165) is 0 Å². The Labute approximate surface area is 73.5 Å². The molecule has 0 spiro atoms. The molecule has 1 heteroatoms. The Bertz CT molecular complexity index is 88.9. The van der Waals surface area contributed by atoms with Crippen LogP contribution in [-0.4, -0.2) is 4.83 Å². The number of halogens is 1. The molecule has 0 radical (unpaired) electrons. The Kier molecular flexibility index (Phi) is 2.98. The minimum absolute atomic E-state index is 0.359. The maximum Gasteiger partial charge on any atom is 0.0242 e. The second kappa shape index (κ2) is 2.84. The summed E-state index contributed by atoms with van der Waals surface area (Å²) in [5, 5.41) is 0. The summed E-state index contributed by atoms with van der Waals surface area (Å²) < 4.78 is 0. The first-order chi connectivity index (χ1) is 4.15. The van der Waals surface area contributed by atoms with Gasteiger partial charge in [0.15, 0.2) is 0 Å². The number of alkyl halides is 1. The molecule has 62 valence electrons. The van der Waals surface area contributed by atoms with Crippen LogP contribution in [0.5, 0.6) is 0 Å². The van der Waals surface area contributed by atoms with Crippen molar-refractivity contribution < 1.29 is 0 Å². The van der Waals surface area contributed by atoms with Gasteiger partial charge in [0.1, 0.15) is 0 Å². The van der Waals surface area contributed by atoms with Crippen LogP contribution in [0.25, 0.3) is 0 Å². The minimum Gasteiger partial charge on any atom is -0.0879 e. The second-order valence-corrected chi connectivity index (χ2v) is 6.01. The maximum atomic E-state index is 3.72. The van der Waals surface area contributed by atoms with Gasteiger partial charge in [0, 0.05) is 4.83 Å². The first-order valence-electron chi connectivity index (χ1n) is 3.80. The highest BCUT2D eigenvalue weighted by molar-refractivity contribution is 9.09. The molecule has 0 aromatic carbocycles. The molecule has 0 aromatic heterocycles. The molecule has 0 aliphatic heterocycles. The molecule has 0 rings (SSSR count). The van der Waals surface area contributed by atoms with Crippen LogP contribution in [0.2, 0.25) is 0 Å². The van der Waals surface area contributed by atoms with Crippen molar-refractivity contribution in [3.63, 3.8) is 0 Å². The summed E-state index contributed by atoms with van der Waals surface area (Å²) in [6.45, 7) is 13.6. The first-order valence-corrected chi connectivity index (χ1v) is 4.71. The highest BCUT2D eigenvalue weighted by Crippen LogP contribution is 2.38. The Morgan fingerprint density at radius 3 is 1.00 bits per heavy atom. The third-order valence-corrected chi connectivity index (χ3v) is 4.27. The van der Waals surface area contributed by atoms with Gasteiger partial charge in [0.05, 0.1) is 0 Å². The summed E-state index contributed by atoms with van der Waals surface area (Å²) in [6, 6.07) is 0. The van der Waals surface area contributed by atoms with Crippen molar-refractivity contribution in [2.45, 2.75) is 46.4 Å². The van der Waals surface area contributed by atoms with Crippen molar-refractivity contribution in [1.82, 2.24) is 0 Å². The van der Waals surface area contributed by atoms with E-state index in [4.69, 9.17) is 0 Å². The van der Waals surface area contributed by atoms with Gasteiger partial charge in [0.25, 0.3) is 0 Å². The topological polar surface area (TPSA) is 0 Å². The molecule has 0 N–H and O–H groups in total. The fourth-order valence-electron chi connectivity index (χ4n) is 1.30. The van der Waals surface area contributed by atoms with E-state index in [2.05, 4.69) is 57.5 Å². The maximum absolute atomic E-state index is 3.72. The molecule has 0 atom stereocenters. The normalized spacial score (nSPS) is 14.4. The summed E-state index contributed by atoms with van der Waals surface area (Å²) >= 11 is 3.72. The zero-order valence-electron chi connectivity index (χ0n) is 7.96. The standard InChI is InChI=1S/C9H19Br/c1-8(2,3)7(10)9(4,5)6/h7H,1-6H3. The van der Waals surface area contributed by atoms with Crippen molar-refractivity contribution in [3.8, 4) is 0 Å². The highest BCUT2D eigenvalue weighted by Gasteiger charge is 2.32. The van der Waals surface area contributed by atoms with E-state index in [-0.39, 0.29) is 0 Å². The van der Waals surface area contributed by atoms with E-state index < -0.39 is 0 Å². The molecule has 0 heterocycles. The molecule has 0 nitrogen and oxygen atoms in total. The van der Waals surface area contributed by atoms with Gasteiger partial charge in [0.2, 0.25) is 0 Å². The molecule has 0 aliphatic carbocycles. The molecule has 0 fully saturated rings. The Hall–Kier alpha value is 0.480. The predicted octanol–water partition coefficient (Wildman–Crippen LogP) is 3.84. The van der Waals surface area contributed by atoms with Crippen LogP contribution < -0.4 is 0 Å². The van der Waals surface area contributed by atoms with E-state index in [1.807, 2.05) is 0 Å². The highest BCUT2D eigenvalue weighted by atomic mass is 79.9. The summed E-state index contributed by atoms with van der Waals surface area (Å²) in [5.41, 5.74) is 0.719. The summed E-state index contributed by atoms with van der Waals surface area (Å²) in [7, 11) is 0. The smallest absolute Gasteiger partial charge is 0.0242 e. The quantitative estimate of drug-likeness (QED) is 0.529. The van der Waals surface area contributed by atoms with Crippen LogP contribution in [0.4, 0.5) is 0 Å². The summed E-state index contributed by atoms with van der Waals surface area (Å²) in [4.78, 5) is 0.576. The van der Waals surface area contributed by atoms with Crippen LogP contribution in [-0.2, 0) is 0 Å². The predicted molar refractivity (Wildman–Crippen MR) is 51.6 cm³/mol. The molecule has 0 saturated heterocycles. The molecule has 10 heavy (non-hydrogen) atoms. The van der Waals surface area contributed by atoms with Crippen LogP contribution in [0.1, 0.15) is 41.5 Å². The lowest BCUT2D eigenvalue weighted by Gasteiger charge is -2.36. The molecule has 0 aromatic rings. The number of rotatable bonds is 0.